The summed E-state index contributed by atoms with van der Waals surface area (Å²) in [6, 6.07) is 11.8. The minimum absolute atomic E-state index is 0.105. The lowest BCUT2D eigenvalue weighted by Gasteiger charge is -2.10. The maximum absolute atomic E-state index is 12.2. The van der Waals surface area contributed by atoms with Crippen molar-refractivity contribution in [2.24, 2.45) is 0 Å². The lowest BCUT2D eigenvalue weighted by atomic mass is 9.96. The van der Waals surface area contributed by atoms with Crippen LogP contribution in [0.2, 0.25) is 0 Å². The SMILES string of the molecule is Cc1ccnc(NC(=O)c2ccc(C3CCCC3)cc2)c1. The van der Waals surface area contributed by atoms with Crippen molar-refractivity contribution < 1.29 is 4.79 Å². The molecule has 3 nitrogen and oxygen atoms in total. The number of nitrogens with zero attached hydrogens (tertiary/aromatic N) is 1. The van der Waals surface area contributed by atoms with Crippen LogP contribution in [0, 0.1) is 6.92 Å². The molecule has 1 heterocycles. The number of benzene rings is 1. The van der Waals surface area contributed by atoms with E-state index in [-0.39, 0.29) is 5.91 Å². The zero-order chi connectivity index (χ0) is 14.7. The summed E-state index contributed by atoms with van der Waals surface area (Å²) in [7, 11) is 0. The molecule has 3 heteroatoms. The predicted molar refractivity (Wildman–Crippen MR) is 84.6 cm³/mol. The highest BCUT2D eigenvalue weighted by Crippen LogP contribution is 2.33. The van der Waals surface area contributed by atoms with E-state index in [1.165, 1.54) is 31.2 Å². The Kier molecular flexibility index (Phi) is 4.00. The van der Waals surface area contributed by atoms with Crippen LogP contribution in [0.4, 0.5) is 5.82 Å². The van der Waals surface area contributed by atoms with Gasteiger partial charge in [-0.3, -0.25) is 4.79 Å². The molecule has 1 amide bonds. The van der Waals surface area contributed by atoms with E-state index in [2.05, 4.69) is 22.4 Å². The Labute approximate surface area is 125 Å². The molecule has 1 N–H and O–H groups in total. The Balaban J connectivity index is 1.70. The largest absolute Gasteiger partial charge is 0.307 e. The van der Waals surface area contributed by atoms with Gasteiger partial charge in [-0.05, 0) is 61.1 Å². The average Bonchev–Trinajstić information content (AvgIpc) is 3.01. The third-order valence-electron chi connectivity index (χ3n) is 4.16. The number of rotatable bonds is 3. The molecule has 21 heavy (non-hydrogen) atoms. The van der Waals surface area contributed by atoms with Crippen LogP contribution in [0.3, 0.4) is 0 Å². The van der Waals surface area contributed by atoms with Gasteiger partial charge in [-0.2, -0.15) is 0 Å². The van der Waals surface area contributed by atoms with Gasteiger partial charge in [0.15, 0.2) is 0 Å². The van der Waals surface area contributed by atoms with Gasteiger partial charge in [-0.1, -0.05) is 25.0 Å². The molecular formula is C18H20N2O. The Bertz CT molecular complexity index is 628. The predicted octanol–water partition coefficient (Wildman–Crippen LogP) is 4.30. The molecular weight excluding hydrogens is 260 g/mol. The first-order chi connectivity index (χ1) is 10.2. The summed E-state index contributed by atoms with van der Waals surface area (Å²) in [6.07, 6.45) is 6.91. The molecule has 108 valence electrons. The first kappa shape index (κ1) is 13.8. The van der Waals surface area contributed by atoms with Crippen LogP contribution in [0.5, 0.6) is 0 Å². The van der Waals surface area contributed by atoms with E-state index in [0.717, 1.165) is 5.56 Å². The van der Waals surface area contributed by atoms with Crippen molar-refractivity contribution in [2.45, 2.75) is 38.5 Å². The van der Waals surface area contributed by atoms with E-state index in [1.807, 2.05) is 31.2 Å². The van der Waals surface area contributed by atoms with E-state index in [4.69, 9.17) is 0 Å². The highest BCUT2D eigenvalue weighted by molar-refractivity contribution is 6.03. The molecule has 1 aromatic heterocycles. The van der Waals surface area contributed by atoms with E-state index in [1.54, 1.807) is 6.20 Å². The number of nitrogens with one attached hydrogen (secondary N) is 1. The van der Waals surface area contributed by atoms with Crippen LogP contribution in [0.15, 0.2) is 42.6 Å². The molecule has 0 spiro atoms. The van der Waals surface area contributed by atoms with Gasteiger partial charge in [0.25, 0.3) is 5.91 Å². The number of hydrogen-bond acceptors (Lipinski definition) is 2. The maximum atomic E-state index is 12.2. The van der Waals surface area contributed by atoms with Crippen molar-refractivity contribution in [1.29, 1.82) is 0 Å². The molecule has 2 aromatic rings. The summed E-state index contributed by atoms with van der Waals surface area (Å²) in [5, 5.41) is 2.84. The summed E-state index contributed by atoms with van der Waals surface area (Å²) >= 11 is 0. The molecule has 1 saturated carbocycles. The Morgan fingerprint density at radius 2 is 1.86 bits per heavy atom. The highest BCUT2D eigenvalue weighted by Gasteiger charge is 2.17. The van der Waals surface area contributed by atoms with Crippen LogP contribution in [-0.4, -0.2) is 10.9 Å². The van der Waals surface area contributed by atoms with Gasteiger partial charge >= 0.3 is 0 Å². The third-order valence-corrected chi connectivity index (χ3v) is 4.16. The van der Waals surface area contributed by atoms with Gasteiger partial charge in [0.1, 0.15) is 5.82 Å². The molecule has 0 unspecified atom stereocenters. The fourth-order valence-electron chi connectivity index (χ4n) is 2.96. The van der Waals surface area contributed by atoms with Crippen LogP contribution in [0.1, 0.15) is 53.1 Å². The fourth-order valence-corrected chi connectivity index (χ4v) is 2.96. The Hall–Kier alpha value is -2.16. The van der Waals surface area contributed by atoms with Gasteiger partial charge in [0.05, 0.1) is 0 Å². The van der Waals surface area contributed by atoms with Crippen LogP contribution in [-0.2, 0) is 0 Å². The normalized spacial score (nSPS) is 15.1. The second kappa shape index (κ2) is 6.08. The summed E-state index contributed by atoms with van der Waals surface area (Å²) in [6.45, 7) is 1.98. The summed E-state index contributed by atoms with van der Waals surface area (Å²) in [5.41, 5.74) is 3.12. The first-order valence-corrected chi connectivity index (χ1v) is 7.56. The first-order valence-electron chi connectivity index (χ1n) is 7.56. The third kappa shape index (κ3) is 3.30. The number of anilines is 1. The molecule has 0 aliphatic heterocycles. The van der Waals surface area contributed by atoms with Gasteiger partial charge in [0, 0.05) is 11.8 Å². The average molecular weight is 280 g/mol. The van der Waals surface area contributed by atoms with Gasteiger partial charge in [-0.25, -0.2) is 4.98 Å². The molecule has 0 bridgehead atoms. The maximum Gasteiger partial charge on any atom is 0.256 e. The second-order valence-electron chi connectivity index (χ2n) is 5.78. The van der Waals surface area contributed by atoms with Crippen LogP contribution < -0.4 is 5.32 Å². The van der Waals surface area contributed by atoms with E-state index in [9.17, 15) is 4.79 Å². The number of amides is 1. The van der Waals surface area contributed by atoms with Crippen LogP contribution >= 0.6 is 0 Å². The molecule has 1 aliphatic rings. The topological polar surface area (TPSA) is 42.0 Å². The zero-order valence-electron chi connectivity index (χ0n) is 12.3. The Morgan fingerprint density at radius 1 is 1.14 bits per heavy atom. The Morgan fingerprint density at radius 3 is 2.52 bits per heavy atom. The van der Waals surface area contributed by atoms with Crippen molar-refractivity contribution in [3.05, 3.63) is 59.3 Å². The monoisotopic (exact) mass is 280 g/mol. The minimum Gasteiger partial charge on any atom is -0.307 e. The van der Waals surface area contributed by atoms with Gasteiger partial charge in [0.2, 0.25) is 0 Å². The van der Waals surface area contributed by atoms with E-state index < -0.39 is 0 Å². The molecule has 1 aromatic carbocycles. The molecule has 3 rings (SSSR count). The number of aromatic nitrogens is 1. The lowest BCUT2D eigenvalue weighted by molar-refractivity contribution is 0.102. The molecule has 0 radical (unpaired) electrons. The van der Waals surface area contributed by atoms with Crippen molar-refractivity contribution >= 4 is 11.7 Å². The number of carbonyl (C=O) groups excluding carboxylic acids is 1. The molecule has 1 aliphatic carbocycles. The summed E-state index contributed by atoms with van der Waals surface area (Å²) in [5.74, 6) is 1.17. The number of pyridine rings is 1. The smallest absolute Gasteiger partial charge is 0.256 e. The summed E-state index contributed by atoms with van der Waals surface area (Å²) < 4.78 is 0. The van der Waals surface area contributed by atoms with Crippen molar-refractivity contribution in [2.75, 3.05) is 5.32 Å². The summed E-state index contributed by atoms with van der Waals surface area (Å²) in [4.78, 5) is 16.4. The molecule has 0 saturated heterocycles. The van der Waals surface area contributed by atoms with Gasteiger partial charge < -0.3 is 5.32 Å². The molecule has 1 fully saturated rings. The zero-order valence-corrected chi connectivity index (χ0v) is 12.3. The number of hydrogen-bond donors (Lipinski definition) is 1. The number of carbonyl (C=O) groups is 1. The van der Waals surface area contributed by atoms with E-state index >= 15 is 0 Å². The van der Waals surface area contributed by atoms with Crippen molar-refractivity contribution in [3.8, 4) is 0 Å². The highest BCUT2D eigenvalue weighted by atomic mass is 16.1. The number of aryl methyl sites for hydroxylation is 1. The van der Waals surface area contributed by atoms with Crippen molar-refractivity contribution in [1.82, 2.24) is 4.98 Å². The van der Waals surface area contributed by atoms with Crippen molar-refractivity contribution in [3.63, 3.8) is 0 Å². The lowest BCUT2D eigenvalue weighted by Crippen LogP contribution is -2.13. The fraction of sp³-hybridized carbons (Fsp3) is 0.333. The minimum atomic E-state index is -0.105. The quantitative estimate of drug-likeness (QED) is 0.910. The van der Waals surface area contributed by atoms with Crippen LogP contribution in [0.25, 0.3) is 0 Å². The standard InChI is InChI=1S/C18H20N2O/c1-13-10-11-19-17(12-13)20-18(21)16-8-6-15(7-9-16)14-4-2-3-5-14/h6-12,14H,2-5H2,1H3,(H,19,20,21). The van der Waals surface area contributed by atoms with Gasteiger partial charge in [-0.15, -0.1) is 0 Å². The van der Waals surface area contributed by atoms with E-state index in [0.29, 0.717) is 17.3 Å². The second-order valence-corrected chi connectivity index (χ2v) is 5.78. The molecule has 0 atom stereocenters.